The first-order valence-electron chi connectivity index (χ1n) is 10.7. The molecule has 3 aromatic carbocycles. The van der Waals surface area contributed by atoms with Gasteiger partial charge in [0.1, 0.15) is 12.4 Å². The van der Waals surface area contributed by atoms with Gasteiger partial charge in [0.25, 0.3) is 0 Å². The third-order valence-electron chi connectivity index (χ3n) is 4.99. The van der Waals surface area contributed by atoms with Crippen molar-refractivity contribution < 1.29 is 14.3 Å². The van der Waals surface area contributed by atoms with E-state index < -0.39 is 6.04 Å². The van der Waals surface area contributed by atoms with Crippen LogP contribution in [0.2, 0.25) is 0 Å². The van der Waals surface area contributed by atoms with E-state index in [2.05, 4.69) is 4.90 Å². The highest BCUT2D eigenvalue weighted by Crippen LogP contribution is 2.18. The predicted molar refractivity (Wildman–Crippen MR) is 129 cm³/mol. The zero-order valence-corrected chi connectivity index (χ0v) is 18.9. The van der Waals surface area contributed by atoms with E-state index in [0.29, 0.717) is 13.0 Å². The minimum atomic E-state index is -0.674. The first-order chi connectivity index (χ1) is 15.6. The van der Waals surface area contributed by atoms with Crippen molar-refractivity contribution in [2.24, 2.45) is 4.99 Å². The second-order valence-corrected chi connectivity index (χ2v) is 7.75. The molecule has 0 aliphatic carbocycles. The Hall–Kier alpha value is -3.44. The molecule has 0 bridgehead atoms. The second-order valence-electron chi connectivity index (χ2n) is 7.75. The summed E-state index contributed by atoms with van der Waals surface area (Å²) in [7, 11) is 5.42. The summed E-state index contributed by atoms with van der Waals surface area (Å²) < 4.78 is 10.9. The molecule has 3 aromatic rings. The minimum absolute atomic E-state index is 0.367. The van der Waals surface area contributed by atoms with Crippen LogP contribution in [0.4, 0.5) is 0 Å². The van der Waals surface area contributed by atoms with E-state index in [9.17, 15) is 4.79 Å². The summed E-state index contributed by atoms with van der Waals surface area (Å²) in [5.41, 5.74) is 3.63. The number of rotatable bonds is 10. The van der Waals surface area contributed by atoms with E-state index in [1.807, 2.05) is 99.0 Å². The van der Waals surface area contributed by atoms with Crippen molar-refractivity contribution in [1.29, 1.82) is 0 Å². The van der Waals surface area contributed by atoms with Crippen molar-refractivity contribution in [2.45, 2.75) is 12.5 Å². The molecule has 166 valence electrons. The maximum absolute atomic E-state index is 12.7. The molecule has 0 aliphatic rings. The Kier molecular flexibility index (Phi) is 8.58. The number of ether oxygens (including phenoxy) is 2. The summed E-state index contributed by atoms with van der Waals surface area (Å²) in [4.78, 5) is 19.6. The molecule has 0 radical (unpaired) electrons. The van der Waals surface area contributed by atoms with Crippen molar-refractivity contribution in [1.82, 2.24) is 4.90 Å². The Labute approximate surface area is 190 Å². The molecule has 0 aliphatic heterocycles. The molecule has 3 rings (SSSR count). The van der Waals surface area contributed by atoms with Gasteiger partial charge in [-0.25, -0.2) is 4.79 Å². The van der Waals surface area contributed by atoms with E-state index in [1.165, 1.54) is 7.11 Å². The molecule has 0 heterocycles. The summed E-state index contributed by atoms with van der Waals surface area (Å²) in [6.45, 7) is 1.43. The number of carbonyl (C=O) groups excluding carboxylic acids is 1. The smallest absolute Gasteiger partial charge is 0.330 e. The number of hydrogen-bond donors (Lipinski definition) is 0. The molecule has 1 unspecified atom stereocenters. The monoisotopic (exact) mass is 430 g/mol. The normalized spacial score (nSPS) is 11.6. The average Bonchev–Trinajstić information content (AvgIpc) is 2.82. The summed E-state index contributed by atoms with van der Waals surface area (Å²) in [6, 6.07) is 26.9. The van der Waals surface area contributed by atoms with E-state index in [0.717, 1.165) is 34.7 Å². The van der Waals surface area contributed by atoms with Gasteiger partial charge in [0, 0.05) is 24.1 Å². The Bertz CT molecular complexity index is 976. The fourth-order valence-electron chi connectivity index (χ4n) is 3.31. The lowest BCUT2D eigenvalue weighted by Gasteiger charge is -2.16. The van der Waals surface area contributed by atoms with Gasteiger partial charge in [-0.05, 0) is 31.8 Å². The number of carbonyl (C=O) groups is 1. The highest BCUT2D eigenvalue weighted by Gasteiger charge is 2.21. The number of nitrogens with zero attached hydrogens (tertiary/aromatic N) is 2. The molecule has 0 fully saturated rings. The number of esters is 1. The summed E-state index contributed by atoms with van der Waals surface area (Å²) in [5, 5.41) is 0. The first-order valence-corrected chi connectivity index (χ1v) is 10.7. The van der Waals surface area contributed by atoms with Crippen LogP contribution >= 0.6 is 0 Å². The highest BCUT2D eigenvalue weighted by molar-refractivity contribution is 6.13. The summed E-state index contributed by atoms with van der Waals surface area (Å²) >= 11 is 0. The SMILES string of the molecule is COC(=O)C(Cc1cccc(OCCN(C)C)c1)N=C(c1ccccc1)c1ccccc1. The van der Waals surface area contributed by atoms with Crippen molar-refractivity contribution in [2.75, 3.05) is 34.4 Å². The molecular formula is C27H30N2O3. The van der Waals surface area contributed by atoms with Crippen LogP contribution in [0.1, 0.15) is 16.7 Å². The van der Waals surface area contributed by atoms with Gasteiger partial charge in [0.15, 0.2) is 6.04 Å². The van der Waals surface area contributed by atoms with Crippen LogP contribution in [-0.2, 0) is 16.0 Å². The van der Waals surface area contributed by atoms with Crippen LogP contribution < -0.4 is 4.74 Å². The average molecular weight is 431 g/mol. The molecule has 5 heteroatoms. The van der Waals surface area contributed by atoms with Gasteiger partial charge >= 0.3 is 5.97 Å². The lowest BCUT2D eigenvalue weighted by molar-refractivity contribution is -0.142. The Morgan fingerprint density at radius 3 is 2.09 bits per heavy atom. The lowest BCUT2D eigenvalue weighted by atomic mass is 10.0. The van der Waals surface area contributed by atoms with Crippen molar-refractivity contribution >= 4 is 11.7 Å². The minimum Gasteiger partial charge on any atom is -0.492 e. The van der Waals surface area contributed by atoms with E-state index in [4.69, 9.17) is 14.5 Å². The van der Waals surface area contributed by atoms with Crippen LogP contribution in [-0.4, -0.2) is 57.0 Å². The molecule has 0 aromatic heterocycles. The molecule has 0 saturated carbocycles. The van der Waals surface area contributed by atoms with Gasteiger partial charge in [0.05, 0.1) is 12.8 Å². The standard InChI is InChI=1S/C27H30N2O3/c1-29(2)17-18-32-24-16-10-11-21(19-24)20-25(27(30)31-3)28-26(22-12-6-4-7-13-22)23-14-8-5-9-15-23/h4-16,19,25H,17-18,20H2,1-3H3. The van der Waals surface area contributed by atoms with Crippen LogP contribution in [0.3, 0.4) is 0 Å². The number of methoxy groups -OCH3 is 1. The molecule has 0 saturated heterocycles. The topological polar surface area (TPSA) is 51.1 Å². The van der Waals surface area contributed by atoms with Crippen LogP contribution in [0.5, 0.6) is 5.75 Å². The molecule has 0 N–H and O–H groups in total. The van der Waals surface area contributed by atoms with Gasteiger partial charge in [-0.1, -0.05) is 72.8 Å². The maximum Gasteiger partial charge on any atom is 0.330 e. The predicted octanol–water partition coefficient (Wildman–Crippen LogP) is 4.25. The van der Waals surface area contributed by atoms with Gasteiger partial charge < -0.3 is 14.4 Å². The Morgan fingerprint density at radius 1 is 0.906 bits per heavy atom. The molecule has 0 amide bonds. The van der Waals surface area contributed by atoms with Crippen LogP contribution in [0, 0.1) is 0 Å². The third-order valence-corrected chi connectivity index (χ3v) is 4.99. The molecule has 1 atom stereocenters. The van der Waals surface area contributed by atoms with Gasteiger partial charge in [0.2, 0.25) is 0 Å². The third kappa shape index (κ3) is 6.79. The van der Waals surface area contributed by atoms with Gasteiger partial charge in [-0.15, -0.1) is 0 Å². The van der Waals surface area contributed by atoms with Crippen LogP contribution in [0.25, 0.3) is 0 Å². The largest absolute Gasteiger partial charge is 0.492 e. The quantitative estimate of drug-likeness (QED) is 0.356. The molecular weight excluding hydrogens is 400 g/mol. The number of hydrogen-bond acceptors (Lipinski definition) is 5. The zero-order valence-electron chi connectivity index (χ0n) is 18.9. The Morgan fingerprint density at radius 2 is 1.53 bits per heavy atom. The fourth-order valence-corrected chi connectivity index (χ4v) is 3.31. The zero-order chi connectivity index (χ0) is 22.8. The summed E-state index contributed by atoms with van der Waals surface area (Å²) in [6.07, 6.45) is 0.417. The number of benzene rings is 3. The fraction of sp³-hybridized carbons (Fsp3) is 0.259. The van der Waals surface area contributed by atoms with E-state index in [1.54, 1.807) is 0 Å². The molecule has 5 nitrogen and oxygen atoms in total. The van der Waals surface area contributed by atoms with Gasteiger partial charge in [-0.2, -0.15) is 0 Å². The van der Waals surface area contributed by atoms with E-state index in [-0.39, 0.29) is 5.97 Å². The summed E-state index contributed by atoms with van der Waals surface area (Å²) in [5.74, 6) is 0.413. The molecule has 32 heavy (non-hydrogen) atoms. The Balaban J connectivity index is 1.90. The van der Waals surface area contributed by atoms with Gasteiger partial charge in [-0.3, -0.25) is 4.99 Å². The number of likely N-dealkylation sites (N-methyl/N-ethyl adjacent to an activating group) is 1. The first kappa shape index (κ1) is 23.2. The highest BCUT2D eigenvalue weighted by atomic mass is 16.5. The van der Waals surface area contributed by atoms with Crippen molar-refractivity contribution in [3.8, 4) is 5.75 Å². The van der Waals surface area contributed by atoms with Crippen LogP contribution in [0.15, 0.2) is 89.9 Å². The second kappa shape index (κ2) is 11.8. The van der Waals surface area contributed by atoms with Crippen molar-refractivity contribution in [3.63, 3.8) is 0 Å². The maximum atomic E-state index is 12.7. The van der Waals surface area contributed by atoms with Crippen molar-refractivity contribution in [3.05, 3.63) is 102 Å². The lowest BCUT2D eigenvalue weighted by Crippen LogP contribution is -2.25. The van der Waals surface area contributed by atoms with E-state index >= 15 is 0 Å². The number of aliphatic imine (C=N–C) groups is 1. The molecule has 0 spiro atoms.